The first-order chi connectivity index (χ1) is 18.4. The number of nitriles is 1. The fourth-order valence-electron chi connectivity index (χ4n) is 4.37. The van der Waals surface area contributed by atoms with E-state index in [2.05, 4.69) is 32.9 Å². The minimum Gasteiger partial charge on any atom is -0.492 e. The predicted molar refractivity (Wildman–Crippen MR) is 145 cm³/mol. The van der Waals surface area contributed by atoms with Crippen LogP contribution in [0.3, 0.4) is 0 Å². The lowest BCUT2D eigenvalue weighted by molar-refractivity contribution is -0.133. The van der Waals surface area contributed by atoms with Gasteiger partial charge in [-0.2, -0.15) is 10.4 Å². The summed E-state index contributed by atoms with van der Waals surface area (Å²) >= 11 is 0. The van der Waals surface area contributed by atoms with Gasteiger partial charge in [0.1, 0.15) is 17.6 Å². The summed E-state index contributed by atoms with van der Waals surface area (Å²) in [6.07, 6.45) is 4.73. The molecule has 0 aliphatic carbocycles. The molecule has 3 aromatic heterocycles. The van der Waals surface area contributed by atoms with Gasteiger partial charge in [-0.25, -0.2) is 9.50 Å². The molecule has 1 aliphatic rings. The van der Waals surface area contributed by atoms with Crippen molar-refractivity contribution in [2.24, 2.45) is 0 Å². The third-order valence-corrected chi connectivity index (χ3v) is 6.30. The summed E-state index contributed by atoms with van der Waals surface area (Å²) in [5, 5.41) is 24.0. The highest BCUT2D eigenvalue weighted by atomic mass is 16.5. The van der Waals surface area contributed by atoms with E-state index in [1.165, 1.54) is 0 Å². The lowest BCUT2D eigenvalue weighted by Crippen LogP contribution is -2.49. The van der Waals surface area contributed by atoms with Crippen molar-refractivity contribution in [2.45, 2.75) is 25.9 Å². The Bertz CT molecular complexity index is 1360. The zero-order valence-electron chi connectivity index (χ0n) is 22.1. The lowest BCUT2D eigenvalue weighted by Gasteiger charge is -2.35. The van der Waals surface area contributed by atoms with E-state index in [-0.39, 0.29) is 12.3 Å². The first-order valence-electron chi connectivity index (χ1n) is 12.7. The van der Waals surface area contributed by atoms with Crippen LogP contribution in [0.4, 0.5) is 5.82 Å². The number of hydrogen-bond donors (Lipinski definition) is 1. The molecule has 0 spiro atoms. The minimum absolute atomic E-state index is 0.0535. The van der Waals surface area contributed by atoms with Gasteiger partial charge >= 0.3 is 0 Å². The maximum atomic E-state index is 12.6. The normalized spacial score (nSPS) is 14.2. The molecular weight excluding hydrogens is 482 g/mol. The zero-order valence-corrected chi connectivity index (χ0v) is 22.1. The highest BCUT2D eigenvalue weighted by Crippen LogP contribution is 2.31. The summed E-state index contributed by atoms with van der Waals surface area (Å²) in [4.78, 5) is 23.2. The molecule has 1 saturated heterocycles. The Kier molecular flexibility index (Phi) is 8.80. The smallest absolute Gasteiger partial charge is 0.225 e. The van der Waals surface area contributed by atoms with E-state index in [9.17, 15) is 15.2 Å². The average Bonchev–Trinajstić information content (AvgIpc) is 3.34. The van der Waals surface area contributed by atoms with E-state index >= 15 is 0 Å². The summed E-state index contributed by atoms with van der Waals surface area (Å²) in [6, 6.07) is 8.05. The monoisotopic (exact) mass is 515 g/mol. The van der Waals surface area contributed by atoms with Crippen molar-refractivity contribution in [2.75, 3.05) is 58.3 Å². The van der Waals surface area contributed by atoms with Gasteiger partial charge in [0.25, 0.3) is 0 Å². The summed E-state index contributed by atoms with van der Waals surface area (Å²) in [7, 11) is 3.87. The van der Waals surface area contributed by atoms with Crippen LogP contribution < -0.4 is 9.64 Å². The van der Waals surface area contributed by atoms with Gasteiger partial charge in [-0.05, 0) is 39.2 Å². The fourth-order valence-corrected chi connectivity index (χ4v) is 4.37. The van der Waals surface area contributed by atoms with Crippen LogP contribution in [0.1, 0.15) is 25.3 Å². The van der Waals surface area contributed by atoms with Crippen LogP contribution in [0.15, 0.2) is 36.8 Å². The Morgan fingerprint density at radius 2 is 2.00 bits per heavy atom. The topological polar surface area (TPSA) is 110 Å². The summed E-state index contributed by atoms with van der Waals surface area (Å²) in [5.41, 5.74) is 2.88. The average molecular weight is 516 g/mol. The predicted octanol–water partition coefficient (Wildman–Crippen LogP) is 2.02. The number of carbonyl (C=O) groups excluding carboxylic acids is 1. The minimum atomic E-state index is -0.755. The maximum absolute atomic E-state index is 12.6. The van der Waals surface area contributed by atoms with E-state index < -0.39 is 6.10 Å². The number of aliphatic hydroxyl groups excluding tert-OH is 1. The molecule has 1 unspecified atom stereocenters. The largest absolute Gasteiger partial charge is 0.492 e. The zero-order chi connectivity index (χ0) is 27.1. The molecule has 1 amide bonds. The number of nitrogens with zero attached hydrogens (tertiary/aromatic N) is 7. The molecule has 0 radical (unpaired) electrons. The molecule has 4 rings (SSSR count). The number of amides is 1. The highest BCUT2D eigenvalue weighted by molar-refractivity contribution is 5.85. The van der Waals surface area contributed by atoms with Crippen LogP contribution in [0.2, 0.25) is 0 Å². The second-order valence-electron chi connectivity index (χ2n) is 9.41. The lowest BCUT2D eigenvalue weighted by atomic mass is 10.1. The summed E-state index contributed by atoms with van der Waals surface area (Å²) < 4.78 is 7.36. The molecule has 1 aliphatic heterocycles. The summed E-state index contributed by atoms with van der Waals surface area (Å²) in [6.45, 7) is 5.52. The third kappa shape index (κ3) is 6.41. The number of pyridine rings is 2. The molecular formula is C28H33N7O3. The molecule has 38 heavy (non-hydrogen) atoms. The van der Waals surface area contributed by atoms with E-state index in [1.807, 2.05) is 44.1 Å². The Labute approximate surface area is 223 Å². The number of anilines is 1. The van der Waals surface area contributed by atoms with Gasteiger partial charge in [0.15, 0.2) is 0 Å². The number of hydrogen-bond acceptors (Lipinski definition) is 8. The van der Waals surface area contributed by atoms with Crippen LogP contribution >= 0.6 is 0 Å². The van der Waals surface area contributed by atoms with Crippen LogP contribution in [0.5, 0.6) is 5.75 Å². The number of piperazine rings is 1. The van der Waals surface area contributed by atoms with Crippen molar-refractivity contribution in [3.63, 3.8) is 0 Å². The van der Waals surface area contributed by atoms with Crippen LogP contribution in [0, 0.1) is 23.2 Å². The molecule has 198 valence electrons. The quantitative estimate of drug-likeness (QED) is 0.454. The molecule has 1 fully saturated rings. The second kappa shape index (κ2) is 12.4. The van der Waals surface area contributed by atoms with Crippen molar-refractivity contribution in [1.29, 1.82) is 5.26 Å². The molecule has 0 aromatic carbocycles. The van der Waals surface area contributed by atoms with Gasteiger partial charge in [0, 0.05) is 49.9 Å². The van der Waals surface area contributed by atoms with E-state index in [1.54, 1.807) is 28.0 Å². The maximum Gasteiger partial charge on any atom is 0.225 e. The first-order valence-corrected chi connectivity index (χ1v) is 12.7. The van der Waals surface area contributed by atoms with Crippen LogP contribution in [0.25, 0.3) is 16.6 Å². The van der Waals surface area contributed by atoms with E-state index in [0.29, 0.717) is 62.6 Å². The number of fused-ring (bicyclic) bond motifs is 1. The number of aliphatic hydroxyl groups is 1. The molecule has 3 aromatic rings. The molecule has 0 saturated carbocycles. The number of carbonyl (C=O) groups is 1. The number of ether oxygens (including phenoxy) is 1. The van der Waals surface area contributed by atoms with E-state index in [0.717, 1.165) is 16.9 Å². The van der Waals surface area contributed by atoms with Crippen LogP contribution in [-0.2, 0) is 4.79 Å². The van der Waals surface area contributed by atoms with E-state index in [4.69, 9.17) is 4.74 Å². The summed E-state index contributed by atoms with van der Waals surface area (Å²) in [5.74, 6) is 7.35. The van der Waals surface area contributed by atoms with Crippen molar-refractivity contribution in [3.05, 3.63) is 42.4 Å². The van der Waals surface area contributed by atoms with Crippen molar-refractivity contribution in [1.82, 2.24) is 24.4 Å². The van der Waals surface area contributed by atoms with Gasteiger partial charge in [-0.1, -0.05) is 11.8 Å². The first kappa shape index (κ1) is 26.9. The van der Waals surface area contributed by atoms with Gasteiger partial charge in [-0.3, -0.25) is 9.69 Å². The van der Waals surface area contributed by atoms with Crippen molar-refractivity contribution >= 4 is 17.2 Å². The van der Waals surface area contributed by atoms with Crippen molar-refractivity contribution in [3.8, 4) is 34.8 Å². The Morgan fingerprint density at radius 3 is 2.66 bits per heavy atom. The van der Waals surface area contributed by atoms with Crippen LogP contribution in [-0.4, -0.2) is 94.9 Å². The van der Waals surface area contributed by atoms with Gasteiger partial charge in [0.05, 0.1) is 49.2 Å². The van der Waals surface area contributed by atoms with Gasteiger partial charge < -0.3 is 19.6 Å². The molecule has 1 atom stereocenters. The Balaban J connectivity index is 1.38. The second-order valence-corrected chi connectivity index (χ2v) is 9.41. The number of rotatable bonds is 8. The van der Waals surface area contributed by atoms with Gasteiger partial charge in [-0.15, -0.1) is 0 Å². The van der Waals surface area contributed by atoms with Crippen molar-refractivity contribution < 1.29 is 14.6 Å². The highest BCUT2D eigenvalue weighted by Gasteiger charge is 2.23. The fraction of sp³-hybridized carbons (Fsp3) is 0.429. The molecule has 0 bridgehead atoms. The Morgan fingerprint density at radius 1 is 1.21 bits per heavy atom. The molecule has 10 heteroatoms. The molecule has 1 N–H and O–H groups in total. The molecule has 10 nitrogen and oxygen atoms in total. The third-order valence-electron chi connectivity index (χ3n) is 6.30. The number of aromatic nitrogens is 3. The van der Waals surface area contributed by atoms with Gasteiger partial charge in [0.2, 0.25) is 5.91 Å². The SMILES string of the molecule is CCOc1cc(-c2ccc(N3CCN(C(=O)CC(O)CC#CCN(C)C)CC3)nc2)c2c(C#N)cnn2c1. The standard InChI is InChI=1S/C28H33N7O3/c1-4-38-24-16-25(28-22(17-29)19-31-35(28)20-24)21-8-9-26(30-18-21)33-11-13-34(14-12-33)27(37)15-23(36)7-5-6-10-32(2)3/h8-9,16,18-20,23,36H,4,7,10-15H2,1-3H3. The Hall–Kier alpha value is -4.12. The molecule has 4 heterocycles.